The summed E-state index contributed by atoms with van der Waals surface area (Å²) in [5.41, 5.74) is 0. The molecule has 0 aliphatic heterocycles. The topological polar surface area (TPSA) is 18.5 Å². The van der Waals surface area contributed by atoms with E-state index in [-0.39, 0.29) is 0 Å². The van der Waals surface area contributed by atoms with Crippen molar-refractivity contribution in [3.8, 4) is 0 Å². The van der Waals surface area contributed by atoms with Crippen molar-refractivity contribution < 1.29 is 9.05 Å². The number of hydrogen-bond acceptors (Lipinski definition) is 2. The van der Waals surface area contributed by atoms with Gasteiger partial charge in [0.15, 0.2) is 8.38 Å². The van der Waals surface area contributed by atoms with Crippen LogP contribution >= 0.6 is 8.38 Å². The Balaban J connectivity index is 3.41. The second kappa shape index (κ2) is 8.19. The minimum absolute atomic E-state index is 0.638. The van der Waals surface area contributed by atoms with Crippen LogP contribution in [0.15, 0.2) is 12.7 Å². The van der Waals surface area contributed by atoms with Crippen molar-refractivity contribution in [2.45, 2.75) is 20.3 Å². The lowest BCUT2D eigenvalue weighted by Crippen LogP contribution is -1.93. The van der Waals surface area contributed by atoms with Gasteiger partial charge in [-0.2, -0.15) is 0 Å². The molecule has 0 aliphatic carbocycles. The molecule has 0 rings (SSSR count). The SMILES string of the molecule is C=CCCP(OCC)OCC. The molecule has 11 heavy (non-hydrogen) atoms. The van der Waals surface area contributed by atoms with E-state index in [9.17, 15) is 0 Å². The standard InChI is InChI=1S/C8H17O2P/c1-4-7-8-11(9-5-2)10-6-3/h4H,1,5-8H2,2-3H3. The lowest BCUT2D eigenvalue weighted by atomic mass is 10.5. The minimum Gasteiger partial charge on any atom is -0.334 e. The zero-order valence-electron chi connectivity index (χ0n) is 7.38. The van der Waals surface area contributed by atoms with Gasteiger partial charge in [0.25, 0.3) is 0 Å². The van der Waals surface area contributed by atoms with Crippen LogP contribution in [-0.2, 0) is 9.05 Å². The predicted molar refractivity (Wildman–Crippen MR) is 49.9 cm³/mol. The molecule has 0 heterocycles. The Bertz CT molecular complexity index is 90.1. The van der Waals surface area contributed by atoms with E-state index in [0.29, 0.717) is 0 Å². The fourth-order valence-electron chi connectivity index (χ4n) is 0.651. The van der Waals surface area contributed by atoms with Crippen molar-refractivity contribution in [1.29, 1.82) is 0 Å². The lowest BCUT2D eigenvalue weighted by molar-refractivity contribution is 0.269. The van der Waals surface area contributed by atoms with Crippen molar-refractivity contribution in [1.82, 2.24) is 0 Å². The van der Waals surface area contributed by atoms with Gasteiger partial charge in [-0.1, -0.05) is 6.08 Å². The molecule has 0 atom stereocenters. The number of rotatable bonds is 7. The van der Waals surface area contributed by atoms with E-state index in [1.807, 2.05) is 19.9 Å². The first-order chi connectivity index (χ1) is 5.35. The highest BCUT2D eigenvalue weighted by atomic mass is 31.2. The summed E-state index contributed by atoms with van der Waals surface area (Å²) in [6.07, 6.45) is 3.85. The Kier molecular flexibility index (Phi) is 8.26. The molecule has 0 bridgehead atoms. The van der Waals surface area contributed by atoms with Crippen molar-refractivity contribution in [2.75, 3.05) is 19.4 Å². The highest BCUT2D eigenvalue weighted by Gasteiger charge is 2.06. The number of allylic oxidation sites excluding steroid dienone is 1. The molecule has 3 heteroatoms. The summed E-state index contributed by atoms with van der Waals surface area (Å²) in [5, 5.41) is 0. The van der Waals surface area contributed by atoms with E-state index in [0.717, 1.165) is 25.8 Å². The Labute approximate surface area is 70.5 Å². The van der Waals surface area contributed by atoms with Gasteiger partial charge in [0, 0.05) is 6.16 Å². The normalized spacial score (nSPS) is 10.5. The van der Waals surface area contributed by atoms with Gasteiger partial charge in [-0.15, -0.1) is 6.58 Å². The third-order valence-corrected chi connectivity index (χ3v) is 2.78. The second-order valence-electron chi connectivity index (χ2n) is 1.97. The first-order valence-electron chi connectivity index (χ1n) is 3.99. The van der Waals surface area contributed by atoms with E-state index in [1.54, 1.807) is 0 Å². The molecule has 0 fully saturated rings. The van der Waals surface area contributed by atoms with Crippen LogP contribution in [0.1, 0.15) is 20.3 Å². The molecule has 0 radical (unpaired) electrons. The molecular weight excluding hydrogens is 159 g/mol. The zero-order valence-corrected chi connectivity index (χ0v) is 8.27. The van der Waals surface area contributed by atoms with Crippen molar-refractivity contribution in [3.63, 3.8) is 0 Å². The maximum Gasteiger partial charge on any atom is 0.170 e. The summed E-state index contributed by atoms with van der Waals surface area (Å²) in [4.78, 5) is 0. The van der Waals surface area contributed by atoms with Gasteiger partial charge in [-0.25, -0.2) is 0 Å². The molecule has 66 valence electrons. The molecule has 0 aliphatic rings. The monoisotopic (exact) mass is 176 g/mol. The van der Waals surface area contributed by atoms with E-state index >= 15 is 0 Å². The molecule has 0 aromatic heterocycles. The van der Waals surface area contributed by atoms with Crippen LogP contribution in [0.4, 0.5) is 0 Å². The van der Waals surface area contributed by atoms with Crippen LogP contribution in [0, 0.1) is 0 Å². The predicted octanol–water partition coefficient (Wildman–Crippen LogP) is 2.95. The van der Waals surface area contributed by atoms with Gasteiger partial charge in [-0.3, -0.25) is 0 Å². The Morgan fingerprint density at radius 3 is 2.18 bits per heavy atom. The molecule has 0 aromatic rings. The number of hydrogen-bond donors (Lipinski definition) is 0. The fourth-order valence-corrected chi connectivity index (χ4v) is 1.95. The third-order valence-electron chi connectivity index (χ3n) is 1.06. The van der Waals surface area contributed by atoms with Gasteiger partial charge >= 0.3 is 0 Å². The fraction of sp³-hybridized carbons (Fsp3) is 0.750. The molecule has 0 unspecified atom stereocenters. The third kappa shape index (κ3) is 6.49. The summed E-state index contributed by atoms with van der Waals surface area (Å²) in [7, 11) is -0.638. The first kappa shape index (κ1) is 11.1. The summed E-state index contributed by atoms with van der Waals surface area (Å²) < 4.78 is 10.8. The maximum atomic E-state index is 5.38. The van der Waals surface area contributed by atoms with Crippen LogP contribution < -0.4 is 0 Å². The minimum atomic E-state index is -0.638. The molecular formula is C8H17O2P. The quantitative estimate of drug-likeness (QED) is 0.438. The highest BCUT2D eigenvalue weighted by Crippen LogP contribution is 2.38. The summed E-state index contributed by atoms with van der Waals surface area (Å²) >= 11 is 0. The summed E-state index contributed by atoms with van der Waals surface area (Å²) in [5.74, 6) is 0. The second-order valence-corrected chi connectivity index (χ2v) is 3.60. The van der Waals surface area contributed by atoms with Crippen molar-refractivity contribution in [2.24, 2.45) is 0 Å². The summed E-state index contributed by atoms with van der Waals surface area (Å²) in [6.45, 7) is 9.11. The molecule has 0 saturated carbocycles. The average Bonchev–Trinajstić information content (AvgIpc) is 2.01. The first-order valence-corrected chi connectivity index (χ1v) is 5.35. The molecule has 2 nitrogen and oxygen atoms in total. The molecule has 0 aromatic carbocycles. The zero-order chi connectivity index (χ0) is 8.53. The maximum absolute atomic E-state index is 5.38. The van der Waals surface area contributed by atoms with Crippen molar-refractivity contribution in [3.05, 3.63) is 12.7 Å². The molecule has 0 saturated heterocycles. The van der Waals surface area contributed by atoms with Crippen molar-refractivity contribution >= 4 is 8.38 Å². The van der Waals surface area contributed by atoms with Crippen LogP contribution in [0.5, 0.6) is 0 Å². The van der Waals surface area contributed by atoms with Gasteiger partial charge in [0.2, 0.25) is 0 Å². The summed E-state index contributed by atoms with van der Waals surface area (Å²) in [6, 6.07) is 0. The lowest BCUT2D eigenvalue weighted by Gasteiger charge is -2.13. The van der Waals surface area contributed by atoms with Crippen LogP contribution in [-0.4, -0.2) is 19.4 Å². The van der Waals surface area contributed by atoms with Crippen LogP contribution in [0.25, 0.3) is 0 Å². The largest absolute Gasteiger partial charge is 0.334 e. The average molecular weight is 176 g/mol. The van der Waals surface area contributed by atoms with E-state index in [4.69, 9.17) is 9.05 Å². The Hall–Kier alpha value is 0.0900. The molecule has 0 amide bonds. The Morgan fingerprint density at radius 2 is 1.82 bits per heavy atom. The van der Waals surface area contributed by atoms with Gasteiger partial charge in [-0.05, 0) is 20.3 Å². The smallest absolute Gasteiger partial charge is 0.170 e. The molecule has 0 spiro atoms. The van der Waals surface area contributed by atoms with E-state index in [2.05, 4.69) is 6.58 Å². The highest BCUT2D eigenvalue weighted by molar-refractivity contribution is 7.47. The van der Waals surface area contributed by atoms with Gasteiger partial charge in [0.1, 0.15) is 0 Å². The molecule has 0 N–H and O–H groups in total. The van der Waals surface area contributed by atoms with E-state index < -0.39 is 8.38 Å². The Morgan fingerprint density at radius 1 is 1.27 bits per heavy atom. The van der Waals surface area contributed by atoms with Crippen LogP contribution in [0.3, 0.4) is 0 Å². The van der Waals surface area contributed by atoms with Gasteiger partial charge < -0.3 is 9.05 Å². The van der Waals surface area contributed by atoms with Crippen LogP contribution in [0.2, 0.25) is 0 Å². The van der Waals surface area contributed by atoms with Gasteiger partial charge in [0.05, 0.1) is 13.2 Å². The van der Waals surface area contributed by atoms with E-state index in [1.165, 1.54) is 0 Å².